The van der Waals surface area contributed by atoms with Crippen LogP contribution in [0.15, 0.2) is 23.5 Å². The summed E-state index contributed by atoms with van der Waals surface area (Å²) in [4.78, 5) is 0. The maximum Gasteiger partial charge on any atom is 0.192 e. The third kappa shape index (κ3) is 5.81. The molecule has 0 aliphatic rings. The van der Waals surface area contributed by atoms with Gasteiger partial charge in [-0.05, 0) is 0 Å². The molecule has 0 spiro atoms. The van der Waals surface area contributed by atoms with Gasteiger partial charge >= 0.3 is 0 Å². The lowest BCUT2D eigenvalue weighted by atomic mass is 10.7. The zero-order valence-corrected chi connectivity index (χ0v) is 6.99. The topological polar surface area (TPSA) is 60.2 Å². The third-order valence-electron chi connectivity index (χ3n) is 0.654. The van der Waals surface area contributed by atoms with E-state index in [-0.39, 0.29) is 19.0 Å². The van der Waals surface area contributed by atoms with E-state index in [9.17, 15) is 8.42 Å². The van der Waals surface area contributed by atoms with E-state index in [1.165, 1.54) is 6.08 Å². The molecule has 0 aromatic carbocycles. The summed E-state index contributed by atoms with van der Waals surface area (Å²) >= 11 is 0. The van der Waals surface area contributed by atoms with E-state index in [4.69, 9.17) is 5.73 Å². The molecule has 2 N–H and O–H groups in total. The second-order valence-corrected chi connectivity index (χ2v) is 3.15. The fourth-order valence-electron chi connectivity index (χ4n) is 0.245. The molecule has 0 aliphatic heterocycles. The average molecular weight is 184 g/mol. The van der Waals surface area contributed by atoms with Gasteiger partial charge in [0.25, 0.3) is 0 Å². The molecule has 0 fully saturated rings. The van der Waals surface area contributed by atoms with Crippen molar-refractivity contribution in [2.75, 3.05) is 6.54 Å². The number of hydrogen-bond donors (Lipinski definition) is 1. The molecule has 0 bridgehead atoms. The summed E-state index contributed by atoms with van der Waals surface area (Å²) in [5.41, 5.74) is 5.00. The quantitative estimate of drug-likeness (QED) is 0.691. The zero-order chi connectivity index (χ0) is 7.33. The highest BCUT2D eigenvalue weighted by Crippen LogP contribution is 1.90. The van der Waals surface area contributed by atoms with Gasteiger partial charge in [-0.15, -0.1) is 12.4 Å². The van der Waals surface area contributed by atoms with Gasteiger partial charge in [0.2, 0.25) is 0 Å². The minimum Gasteiger partial charge on any atom is -0.327 e. The van der Waals surface area contributed by atoms with Crippen LogP contribution in [0.1, 0.15) is 0 Å². The van der Waals surface area contributed by atoms with Gasteiger partial charge < -0.3 is 5.73 Å². The summed E-state index contributed by atoms with van der Waals surface area (Å²) in [6, 6.07) is 0. The monoisotopic (exact) mass is 183 g/mol. The highest BCUT2D eigenvalue weighted by atomic mass is 35.5. The first-order valence-electron chi connectivity index (χ1n) is 2.36. The van der Waals surface area contributed by atoms with Crippen LogP contribution in [-0.2, 0) is 9.84 Å². The van der Waals surface area contributed by atoms with Crippen LogP contribution in [0.25, 0.3) is 0 Å². The molecule has 0 heterocycles. The van der Waals surface area contributed by atoms with E-state index < -0.39 is 9.84 Å². The summed E-state index contributed by atoms with van der Waals surface area (Å²) in [5, 5.41) is 1.90. The normalized spacial score (nSPS) is 10.9. The van der Waals surface area contributed by atoms with E-state index >= 15 is 0 Å². The molecule has 0 aromatic heterocycles. The van der Waals surface area contributed by atoms with Crippen LogP contribution >= 0.6 is 12.4 Å². The largest absolute Gasteiger partial charge is 0.327 e. The molecule has 10 heavy (non-hydrogen) atoms. The number of nitrogens with two attached hydrogens (primary N) is 1. The molecule has 0 rings (SSSR count). The number of halogens is 1. The van der Waals surface area contributed by atoms with E-state index in [1.54, 1.807) is 0 Å². The van der Waals surface area contributed by atoms with Crippen molar-refractivity contribution in [3.63, 3.8) is 0 Å². The molecular formula is C5H10ClNO2S. The lowest BCUT2D eigenvalue weighted by Gasteiger charge is -1.83. The van der Waals surface area contributed by atoms with Gasteiger partial charge in [0.15, 0.2) is 9.84 Å². The Labute approximate surface area is 66.9 Å². The smallest absolute Gasteiger partial charge is 0.192 e. The number of hydrogen-bond acceptors (Lipinski definition) is 3. The van der Waals surface area contributed by atoms with Crippen LogP contribution in [0.4, 0.5) is 0 Å². The Morgan fingerprint density at radius 2 is 2.00 bits per heavy atom. The van der Waals surface area contributed by atoms with E-state index in [1.807, 2.05) is 0 Å². The maximum absolute atomic E-state index is 10.5. The Bertz CT molecular complexity index is 208. The van der Waals surface area contributed by atoms with Crippen molar-refractivity contribution < 1.29 is 8.42 Å². The second-order valence-electron chi connectivity index (χ2n) is 1.36. The fourth-order valence-corrected chi connectivity index (χ4v) is 0.736. The Kier molecular flexibility index (Phi) is 6.76. The van der Waals surface area contributed by atoms with Crippen LogP contribution in [0.2, 0.25) is 0 Å². The highest BCUT2D eigenvalue weighted by molar-refractivity contribution is 7.97. The first-order valence-corrected chi connectivity index (χ1v) is 3.97. The number of sulfone groups is 1. The highest BCUT2D eigenvalue weighted by Gasteiger charge is 1.93. The molecular weight excluding hydrogens is 174 g/mol. The molecule has 60 valence electrons. The number of rotatable bonds is 3. The molecule has 0 aromatic rings. The summed E-state index contributed by atoms with van der Waals surface area (Å²) in [5.74, 6) is 0. The lowest BCUT2D eigenvalue weighted by Crippen LogP contribution is -1.95. The van der Waals surface area contributed by atoms with Gasteiger partial charge in [-0.2, -0.15) is 0 Å². The lowest BCUT2D eigenvalue weighted by molar-refractivity contribution is 0.612. The van der Waals surface area contributed by atoms with Crippen LogP contribution in [-0.4, -0.2) is 15.0 Å². The van der Waals surface area contributed by atoms with Crippen molar-refractivity contribution in [1.29, 1.82) is 0 Å². The van der Waals surface area contributed by atoms with Gasteiger partial charge in [0.05, 0.1) is 0 Å². The summed E-state index contributed by atoms with van der Waals surface area (Å²) in [6.45, 7) is 3.33. The Balaban J connectivity index is 0. The van der Waals surface area contributed by atoms with Crippen LogP contribution < -0.4 is 5.73 Å². The Morgan fingerprint density at radius 3 is 2.30 bits per heavy atom. The van der Waals surface area contributed by atoms with Crippen molar-refractivity contribution >= 4 is 22.2 Å². The minimum absolute atomic E-state index is 0. The molecule has 0 aliphatic carbocycles. The minimum atomic E-state index is -3.18. The van der Waals surface area contributed by atoms with E-state index in [2.05, 4.69) is 6.58 Å². The van der Waals surface area contributed by atoms with Gasteiger partial charge in [-0.1, -0.05) is 12.7 Å². The Morgan fingerprint density at radius 1 is 1.50 bits per heavy atom. The third-order valence-corrected chi connectivity index (χ3v) is 1.69. The standard InChI is InChI=1S/C5H9NO2S.ClH/c1-2-9(7,8)5-3-4-6;/h2-3,5H,1,4,6H2;1H. The average Bonchev–Trinajstić information content (AvgIpc) is 1.84. The molecule has 5 heteroatoms. The van der Waals surface area contributed by atoms with Crippen molar-refractivity contribution in [2.24, 2.45) is 5.73 Å². The molecule has 0 unspecified atom stereocenters. The van der Waals surface area contributed by atoms with Crippen LogP contribution in [0, 0.1) is 0 Å². The SMILES string of the molecule is C=CS(=O)(=O)C=CCN.Cl. The van der Waals surface area contributed by atoms with Crippen molar-refractivity contribution in [3.05, 3.63) is 23.5 Å². The van der Waals surface area contributed by atoms with Crippen molar-refractivity contribution in [3.8, 4) is 0 Å². The second kappa shape index (κ2) is 5.46. The molecule has 0 saturated carbocycles. The molecule has 0 atom stereocenters. The predicted octanol–water partition coefficient (Wildman–Crippen LogP) is 0.439. The van der Waals surface area contributed by atoms with E-state index in [0.29, 0.717) is 0 Å². The van der Waals surface area contributed by atoms with Gasteiger partial charge in [-0.25, -0.2) is 8.42 Å². The summed E-state index contributed by atoms with van der Waals surface area (Å²) < 4.78 is 21.0. The molecule has 0 amide bonds. The summed E-state index contributed by atoms with van der Waals surface area (Å²) in [7, 11) is -3.18. The van der Waals surface area contributed by atoms with Crippen molar-refractivity contribution in [1.82, 2.24) is 0 Å². The molecule has 0 radical (unpaired) electrons. The first kappa shape index (κ1) is 12.4. The molecule has 0 saturated heterocycles. The molecule has 3 nitrogen and oxygen atoms in total. The van der Waals surface area contributed by atoms with Gasteiger partial charge in [-0.3, -0.25) is 0 Å². The van der Waals surface area contributed by atoms with E-state index in [0.717, 1.165) is 10.8 Å². The van der Waals surface area contributed by atoms with Crippen LogP contribution in [0.5, 0.6) is 0 Å². The zero-order valence-electron chi connectivity index (χ0n) is 5.36. The van der Waals surface area contributed by atoms with Crippen LogP contribution in [0.3, 0.4) is 0 Å². The Hall–Kier alpha value is -0.320. The maximum atomic E-state index is 10.5. The van der Waals surface area contributed by atoms with Gasteiger partial charge in [0, 0.05) is 17.4 Å². The first-order chi connectivity index (χ1) is 4.12. The predicted molar refractivity (Wildman–Crippen MR) is 44.6 cm³/mol. The van der Waals surface area contributed by atoms with Crippen molar-refractivity contribution in [2.45, 2.75) is 0 Å². The fraction of sp³-hybridized carbons (Fsp3) is 0.200. The van der Waals surface area contributed by atoms with Gasteiger partial charge in [0.1, 0.15) is 0 Å². The summed E-state index contributed by atoms with van der Waals surface area (Å²) in [6.07, 6.45) is 1.36.